The molecule has 0 aliphatic heterocycles. The van der Waals surface area contributed by atoms with E-state index in [2.05, 4.69) is 11.3 Å². The molecule has 0 aromatic rings. The van der Waals surface area contributed by atoms with Crippen molar-refractivity contribution >= 4 is 21.8 Å². The van der Waals surface area contributed by atoms with Crippen LogP contribution in [-0.2, 0) is 10.2 Å². The Balaban J connectivity index is 4.05. The summed E-state index contributed by atoms with van der Waals surface area (Å²) in [7, 11) is -0.495. The maximum absolute atomic E-state index is 10.9. The van der Waals surface area contributed by atoms with Gasteiger partial charge in [0.25, 0.3) is 10.2 Å². The molecule has 4 nitrogen and oxygen atoms in total. The third-order valence-corrected chi connectivity index (χ3v) is 2.53. The van der Waals surface area contributed by atoms with Crippen LogP contribution >= 0.6 is 11.6 Å². The Morgan fingerprint density at radius 3 is 2.36 bits per heavy atom. The molecule has 0 bridgehead atoms. The van der Waals surface area contributed by atoms with Crippen molar-refractivity contribution in [2.75, 3.05) is 20.6 Å². The molecule has 0 saturated heterocycles. The maximum Gasteiger partial charge on any atom is 0.279 e. The summed E-state index contributed by atoms with van der Waals surface area (Å²) < 4.78 is 25.2. The summed E-state index contributed by atoms with van der Waals surface area (Å²) in [5, 5.41) is 0.260. The smallest absolute Gasteiger partial charge is 0.197 e. The van der Waals surface area contributed by atoms with Gasteiger partial charge in [-0.15, -0.1) is 0 Å². The molecule has 6 heteroatoms. The molecular formula is C5H11ClN2O2S. The highest BCUT2D eigenvalue weighted by Gasteiger charge is 2.11. The van der Waals surface area contributed by atoms with E-state index in [1.165, 1.54) is 14.1 Å². The van der Waals surface area contributed by atoms with Crippen molar-refractivity contribution in [2.24, 2.45) is 0 Å². The van der Waals surface area contributed by atoms with Crippen LogP contribution in [0.3, 0.4) is 0 Å². The maximum atomic E-state index is 10.9. The van der Waals surface area contributed by atoms with Crippen LogP contribution in [-0.4, -0.2) is 33.4 Å². The van der Waals surface area contributed by atoms with Gasteiger partial charge in [-0.1, -0.05) is 18.2 Å². The van der Waals surface area contributed by atoms with E-state index in [9.17, 15) is 8.42 Å². The molecule has 0 unspecified atom stereocenters. The Bertz CT molecular complexity index is 235. The molecular weight excluding hydrogens is 188 g/mol. The van der Waals surface area contributed by atoms with Crippen LogP contribution in [0.5, 0.6) is 0 Å². The van der Waals surface area contributed by atoms with E-state index in [-0.39, 0.29) is 11.6 Å². The SMILES string of the molecule is C=C(Cl)CNS(=O)(=O)N(C)C. The molecule has 0 amide bonds. The summed E-state index contributed by atoms with van der Waals surface area (Å²) in [5.74, 6) is 0. The zero-order valence-electron chi connectivity index (χ0n) is 6.46. The molecule has 0 heterocycles. The molecule has 0 aliphatic rings. The van der Waals surface area contributed by atoms with Gasteiger partial charge in [-0.25, -0.2) is 0 Å². The van der Waals surface area contributed by atoms with Crippen molar-refractivity contribution in [3.8, 4) is 0 Å². The Hall–Kier alpha value is -0.100. The highest BCUT2D eigenvalue weighted by Crippen LogP contribution is 1.95. The normalized spacial score (nSPS) is 12.0. The minimum absolute atomic E-state index is 0.0576. The van der Waals surface area contributed by atoms with Gasteiger partial charge in [0.05, 0.1) is 0 Å². The standard InChI is InChI=1S/C5H11ClN2O2S/c1-5(6)4-7-11(9,10)8(2)3/h7H,1,4H2,2-3H3. The largest absolute Gasteiger partial charge is 0.279 e. The second-order valence-corrected chi connectivity index (χ2v) is 4.63. The average Bonchev–Trinajstić information content (AvgIpc) is 1.84. The monoisotopic (exact) mass is 198 g/mol. The zero-order valence-corrected chi connectivity index (χ0v) is 8.04. The first-order valence-corrected chi connectivity index (χ1v) is 4.68. The van der Waals surface area contributed by atoms with Crippen LogP contribution in [0.4, 0.5) is 0 Å². The molecule has 1 N–H and O–H groups in total. The fraction of sp³-hybridized carbons (Fsp3) is 0.600. The second kappa shape index (κ2) is 4.06. The Morgan fingerprint density at radius 1 is 1.64 bits per heavy atom. The summed E-state index contributed by atoms with van der Waals surface area (Å²) in [6, 6.07) is 0. The van der Waals surface area contributed by atoms with Gasteiger partial charge in [-0.2, -0.15) is 17.4 Å². The number of nitrogens with one attached hydrogen (secondary N) is 1. The number of hydrogen-bond donors (Lipinski definition) is 1. The van der Waals surface area contributed by atoms with E-state index in [1.54, 1.807) is 0 Å². The van der Waals surface area contributed by atoms with Gasteiger partial charge in [0.15, 0.2) is 0 Å². The summed E-state index contributed by atoms with van der Waals surface area (Å²) in [6.45, 7) is 3.40. The summed E-state index contributed by atoms with van der Waals surface area (Å²) in [5.41, 5.74) is 0. The molecule has 66 valence electrons. The van der Waals surface area contributed by atoms with Gasteiger partial charge in [-0.05, 0) is 0 Å². The number of hydrogen-bond acceptors (Lipinski definition) is 2. The van der Waals surface area contributed by atoms with E-state index in [0.29, 0.717) is 0 Å². The van der Waals surface area contributed by atoms with Gasteiger partial charge >= 0.3 is 0 Å². The Morgan fingerprint density at radius 2 is 2.09 bits per heavy atom. The lowest BCUT2D eigenvalue weighted by molar-refractivity contribution is 0.509. The van der Waals surface area contributed by atoms with Crippen LogP contribution in [0.2, 0.25) is 0 Å². The van der Waals surface area contributed by atoms with Crippen LogP contribution in [0.15, 0.2) is 11.6 Å². The van der Waals surface area contributed by atoms with Crippen molar-refractivity contribution in [1.29, 1.82) is 0 Å². The minimum atomic E-state index is -3.36. The molecule has 0 fully saturated rings. The predicted octanol–water partition coefficient (Wildman–Crippen LogP) is 0.135. The molecule has 0 radical (unpaired) electrons. The highest BCUT2D eigenvalue weighted by atomic mass is 35.5. The van der Waals surface area contributed by atoms with E-state index >= 15 is 0 Å². The quantitative estimate of drug-likeness (QED) is 0.699. The van der Waals surface area contributed by atoms with E-state index in [4.69, 9.17) is 11.6 Å². The Labute approximate surface area is 72.0 Å². The Kier molecular flexibility index (Phi) is 4.02. The van der Waals surface area contributed by atoms with Crippen molar-refractivity contribution in [2.45, 2.75) is 0 Å². The molecule has 0 saturated carbocycles. The van der Waals surface area contributed by atoms with Gasteiger partial charge in [-0.3, -0.25) is 0 Å². The number of nitrogens with zero attached hydrogens (tertiary/aromatic N) is 1. The van der Waals surface area contributed by atoms with Crippen molar-refractivity contribution in [1.82, 2.24) is 9.03 Å². The first-order valence-electron chi connectivity index (χ1n) is 2.86. The van der Waals surface area contributed by atoms with Gasteiger partial charge in [0.2, 0.25) is 0 Å². The van der Waals surface area contributed by atoms with Gasteiger partial charge < -0.3 is 0 Å². The van der Waals surface area contributed by atoms with Crippen molar-refractivity contribution in [3.05, 3.63) is 11.6 Å². The molecule has 0 atom stereocenters. The lowest BCUT2D eigenvalue weighted by atomic mass is 10.7. The molecule has 0 aromatic heterocycles. The van der Waals surface area contributed by atoms with Crippen LogP contribution in [0, 0.1) is 0 Å². The topological polar surface area (TPSA) is 49.4 Å². The van der Waals surface area contributed by atoms with E-state index in [0.717, 1.165) is 4.31 Å². The molecule has 0 spiro atoms. The zero-order chi connectivity index (χ0) is 9.07. The first kappa shape index (κ1) is 10.9. The molecule has 11 heavy (non-hydrogen) atoms. The predicted molar refractivity (Wildman–Crippen MR) is 45.6 cm³/mol. The average molecular weight is 199 g/mol. The summed E-state index contributed by atoms with van der Waals surface area (Å²) in [6.07, 6.45) is 0. The van der Waals surface area contributed by atoms with Gasteiger partial charge in [0, 0.05) is 25.7 Å². The lowest BCUT2D eigenvalue weighted by Gasteiger charge is -2.11. The first-order chi connectivity index (χ1) is 4.86. The third-order valence-electron chi connectivity index (χ3n) is 0.927. The van der Waals surface area contributed by atoms with Crippen molar-refractivity contribution < 1.29 is 8.42 Å². The molecule has 0 rings (SSSR count). The minimum Gasteiger partial charge on any atom is -0.197 e. The molecule has 0 aliphatic carbocycles. The number of halogens is 1. The van der Waals surface area contributed by atoms with Crippen molar-refractivity contribution in [3.63, 3.8) is 0 Å². The fourth-order valence-corrected chi connectivity index (χ4v) is 1.06. The van der Waals surface area contributed by atoms with E-state index < -0.39 is 10.2 Å². The summed E-state index contributed by atoms with van der Waals surface area (Å²) in [4.78, 5) is 0. The van der Waals surface area contributed by atoms with Crippen LogP contribution in [0.1, 0.15) is 0 Å². The number of rotatable bonds is 4. The fourth-order valence-electron chi connectivity index (χ4n) is 0.299. The molecule has 0 aromatic carbocycles. The van der Waals surface area contributed by atoms with E-state index in [1.807, 2.05) is 0 Å². The lowest BCUT2D eigenvalue weighted by Crippen LogP contribution is -2.36. The van der Waals surface area contributed by atoms with Gasteiger partial charge in [0.1, 0.15) is 0 Å². The third kappa shape index (κ3) is 4.36. The van der Waals surface area contributed by atoms with Crippen LogP contribution < -0.4 is 4.72 Å². The highest BCUT2D eigenvalue weighted by molar-refractivity contribution is 7.87. The summed E-state index contributed by atoms with van der Waals surface area (Å²) >= 11 is 5.35. The van der Waals surface area contributed by atoms with Crippen LogP contribution in [0.25, 0.3) is 0 Å². The second-order valence-electron chi connectivity index (χ2n) is 2.13.